The van der Waals surface area contributed by atoms with E-state index < -0.39 is 0 Å². The Morgan fingerprint density at radius 3 is 2.60 bits per heavy atom. The number of hydrogen-bond donors (Lipinski definition) is 1. The van der Waals surface area contributed by atoms with Gasteiger partial charge in [-0.3, -0.25) is 0 Å². The summed E-state index contributed by atoms with van der Waals surface area (Å²) in [7, 11) is 0. The van der Waals surface area contributed by atoms with E-state index >= 15 is 0 Å². The summed E-state index contributed by atoms with van der Waals surface area (Å²) in [6, 6.07) is 9.05. The molecule has 2 aromatic rings. The number of thiophene rings is 1. The van der Waals surface area contributed by atoms with Crippen molar-refractivity contribution in [3.63, 3.8) is 0 Å². The van der Waals surface area contributed by atoms with Crippen molar-refractivity contribution in [3.8, 4) is 0 Å². The second-order valence-corrected chi connectivity index (χ2v) is 6.85. The molecule has 1 atom stereocenters. The summed E-state index contributed by atoms with van der Waals surface area (Å²) in [6.07, 6.45) is 2.03. The molecule has 20 heavy (non-hydrogen) atoms. The molecule has 0 aliphatic rings. The lowest BCUT2D eigenvalue weighted by Gasteiger charge is -2.16. The van der Waals surface area contributed by atoms with Gasteiger partial charge in [-0.25, -0.2) is 4.39 Å². The van der Waals surface area contributed by atoms with Crippen LogP contribution < -0.4 is 5.32 Å². The summed E-state index contributed by atoms with van der Waals surface area (Å²) < 4.78 is 14.1. The fraction of sp³-hybridized carbons (Fsp3) is 0.375. The van der Waals surface area contributed by atoms with Crippen LogP contribution in [0.5, 0.6) is 0 Å². The van der Waals surface area contributed by atoms with E-state index in [0.717, 1.165) is 30.4 Å². The fourth-order valence-corrected chi connectivity index (χ4v) is 3.83. The lowest BCUT2D eigenvalue weighted by atomic mass is 9.95. The topological polar surface area (TPSA) is 12.0 Å². The Balaban J connectivity index is 2.00. The van der Waals surface area contributed by atoms with E-state index in [2.05, 4.69) is 39.6 Å². The third-order valence-corrected chi connectivity index (χ3v) is 4.95. The van der Waals surface area contributed by atoms with Crippen LogP contribution in [0.2, 0.25) is 0 Å². The monoisotopic (exact) mass is 355 g/mol. The first kappa shape index (κ1) is 15.7. The molecular formula is C16H19BrFNS. The molecule has 108 valence electrons. The molecule has 0 bridgehead atoms. The summed E-state index contributed by atoms with van der Waals surface area (Å²) in [5.74, 6) is 0.366. The van der Waals surface area contributed by atoms with E-state index in [1.807, 2.05) is 12.1 Å². The zero-order valence-corrected chi connectivity index (χ0v) is 13.9. The van der Waals surface area contributed by atoms with Gasteiger partial charge in [0, 0.05) is 14.7 Å². The molecule has 0 saturated carbocycles. The second-order valence-electron chi connectivity index (χ2n) is 4.94. The maximum Gasteiger partial charge on any atom is 0.123 e. The molecule has 0 aliphatic carbocycles. The Morgan fingerprint density at radius 1 is 1.25 bits per heavy atom. The number of hydrogen-bond acceptors (Lipinski definition) is 2. The predicted octanol–water partition coefficient (Wildman–Crippen LogP) is 4.66. The van der Waals surface area contributed by atoms with E-state index in [1.165, 1.54) is 10.4 Å². The largest absolute Gasteiger partial charge is 0.317 e. The van der Waals surface area contributed by atoms with Crippen LogP contribution in [0.1, 0.15) is 17.4 Å². The first-order valence-electron chi connectivity index (χ1n) is 6.85. The SMILES string of the molecule is CCNCC(Cc1ccc(F)cc1)Cc1cc(Br)cs1. The van der Waals surface area contributed by atoms with Gasteiger partial charge in [-0.05, 0) is 71.5 Å². The van der Waals surface area contributed by atoms with Crippen LogP contribution in [-0.4, -0.2) is 13.1 Å². The quantitative estimate of drug-likeness (QED) is 0.761. The number of halogens is 2. The van der Waals surface area contributed by atoms with E-state index in [-0.39, 0.29) is 5.82 Å². The van der Waals surface area contributed by atoms with Crippen molar-refractivity contribution in [3.05, 3.63) is 56.4 Å². The Morgan fingerprint density at radius 2 is 2.00 bits per heavy atom. The molecule has 1 N–H and O–H groups in total. The van der Waals surface area contributed by atoms with Crippen LogP contribution in [-0.2, 0) is 12.8 Å². The van der Waals surface area contributed by atoms with Crippen molar-refractivity contribution < 1.29 is 4.39 Å². The zero-order chi connectivity index (χ0) is 14.4. The number of nitrogens with one attached hydrogen (secondary N) is 1. The van der Waals surface area contributed by atoms with Crippen molar-refractivity contribution in [2.75, 3.05) is 13.1 Å². The van der Waals surface area contributed by atoms with Gasteiger partial charge in [-0.1, -0.05) is 19.1 Å². The highest BCUT2D eigenvalue weighted by Gasteiger charge is 2.12. The molecule has 1 aromatic heterocycles. The molecule has 0 amide bonds. The summed E-state index contributed by atoms with van der Waals surface area (Å²) >= 11 is 5.29. The Labute approximate surface area is 132 Å². The van der Waals surface area contributed by atoms with Crippen molar-refractivity contribution in [2.45, 2.75) is 19.8 Å². The first-order chi connectivity index (χ1) is 9.67. The van der Waals surface area contributed by atoms with E-state index in [1.54, 1.807) is 23.5 Å². The van der Waals surface area contributed by atoms with E-state index in [0.29, 0.717) is 5.92 Å². The molecular weight excluding hydrogens is 337 g/mol. The summed E-state index contributed by atoms with van der Waals surface area (Å²) in [5.41, 5.74) is 1.20. The smallest absolute Gasteiger partial charge is 0.123 e. The minimum atomic E-state index is -0.167. The van der Waals surface area contributed by atoms with Crippen LogP contribution in [0.4, 0.5) is 4.39 Å². The summed E-state index contributed by atoms with van der Waals surface area (Å²) in [4.78, 5) is 1.39. The minimum absolute atomic E-state index is 0.167. The van der Waals surface area contributed by atoms with Gasteiger partial charge in [0.25, 0.3) is 0 Å². The molecule has 0 saturated heterocycles. The minimum Gasteiger partial charge on any atom is -0.317 e. The fourth-order valence-electron chi connectivity index (χ4n) is 2.26. The summed E-state index contributed by atoms with van der Waals surface area (Å²) in [5, 5.41) is 5.55. The van der Waals surface area contributed by atoms with Gasteiger partial charge in [0.1, 0.15) is 5.82 Å². The highest BCUT2D eigenvalue weighted by molar-refractivity contribution is 9.10. The molecule has 0 fully saturated rings. The molecule has 0 radical (unpaired) electrons. The van der Waals surface area contributed by atoms with Crippen molar-refractivity contribution in [1.29, 1.82) is 0 Å². The highest BCUT2D eigenvalue weighted by atomic mass is 79.9. The zero-order valence-electron chi connectivity index (χ0n) is 11.5. The van der Waals surface area contributed by atoms with Crippen molar-refractivity contribution in [1.82, 2.24) is 5.32 Å². The highest BCUT2D eigenvalue weighted by Crippen LogP contribution is 2.23. The second kappa shape index (κ2) is 7.91. The molecule has 1 aromatic carbocycles. The van der Waals surface area contributed by atoms with Crippen LogP contribution in [0, 0.1) is 11.7 Å². The van der Waals surface area contributed by atoms with Gasteiger partial charge in [0.05, 0.1) is 0 Å². The molecule has 1 heterocycles. The summed E-state index contributed by atoms with van der Waals surface area (Å²) in [6.45, 7) is 4.09. The molecule has 0 aliphatic heterocycles. The Kier molecular flexibility index (Phi) is 6.20. The molecule has 2 rings (SSSR count). The van der Waals surface area contributed by atoms with Gasteiger partial charge in [-0.2, -0.15) is 0 Å². The number of benzene rings is 1. The lowest BCUT2D eigenvalue weighted by Crippen LogP contribution is -2.25. The van der Waals surface area contributed by atoms with Crippen molar-refractivity contribution >= 4 is 27.3 Å². The van der Waals surface area contributed by atoms with Gasteiger partial charge >= 0.3 is 0 Å². The van der Waals surface area contributed by atoms with E-state index in [4.69, 9.17) is 0 Å². The Hall–Kier alpha value is -0.710. The van der Waals surface area contributed by atoms with Gasteiger partial charge in [0.15, 0.2) is 0 Å². The van der Waals surface area contributed by atoms with Gasteiger partial charge in [0.2, 0.25) is 0 Å². The maximum atomic E-state index is 13.0. The Bertz CT molecular complexity index is 524. The van der Waals surface area contributed by atoms with Crippen LogP contribution in [0.3, 0.4) is 0 Å². The van der Waals surface area contributed by atoms with Crippen molar-refractivity contribution in [2.24, 2.45) is 5.92 Å². The average molecular weight is 356 g/mol. The third kappa shape index (κ3) is 5.00. The molecule has 1 unspecified atom stereocenters. The van der Waals surface area contributed by atoms with Crippen LogP contribution in [0.25, 0.3) is 0 Å². The molecule has 4 heteroatoms. The van der Waals surface area contributed by atoms with Gasteiger partial charge < -0.3 is 5.32 Å². The van der Waals surface area contributed by atoms with Crippen LogP contribution >= 0.6 is 27.3 Å². The third-order valence-electron chi connectivity index (χ3n) is 3.23. The average Bonchev–Trinajstić information content (AvgIpc) is 2.84. The molecule has 1 nitrogen and oxygen atoms in total. The predicted molar refractivity (Wildman–Crippen MR) is 87.9 cm³/mol. The lowest BCUT2D eigenvalue weighted by molar-refractivity contribution is 0.480. The first-order valence-corrected chi connectivity index (χ1v) is 8.52. The maximum absolute atomic E-state index is 13.0. The standard InChI is InChI=1S/C16H19BrFNS/c1-2-19-10-13(8-16-9-14(17)11-20-16)7-12-3-5-15(18)6-4-12/h3-6,9,11,13,19H,2,7-8,10H2,1H3. The normalized spacial score (nSPS) is 12.6. The van der Waals surface area contributed by atoms with Gasteiger partial charge in [-0.15, -0.1) is 11.3 Å². The van der Waals surface area contributed by atoms with Crippen LogP contribution in [0.15, 0.2) is 40.2 Å². The number of rotatable bonds is 7. The molecule has 0 spiro atoms. The van der Waals surface area contributed by atoms with E-state index in [9.17, 15) is 4.39 Å².